The van der Waals surface area contributed by atoms with Gasteiger partial charge in [0.2, 0.25) is 11.8 Å². The van der Waals surface area contributed by atoms with Crippen LogP contribution in [0, 0.1) is 11.8 Å². The van der Waals surface area contributed by atoms with Crippen molar-refractivity contribution in [3.8, 4) is 0 Å². The molecule has 2 rings (SSSR count). The first-order chi connectivity index (χ1) is 11.4. The zero-order chi connectivity index (χ0) is 17.7. The van der Waals surface area contributed by atoms with Crippen LogP contribution in [0.15, 0.2) is 24.3 Å². The standard InChI is InChI=1S/C18H28N4O2.2ClH/c1-12(13(2)19)18(24)21-16-5-3-4-14(10-16)11-22-8-6-15(7-9-22)17(20)23;;/h3-5,10,12-13,15H,6-9,11,19H2,1-2H3,(H2,20,23)(H,21,24);2*1H. The first-order valence-corrected chi connectivity index (χ1v) is 8.54. The van der Waals surface area contributed by atoms with Crippen LogP contribution < -0.4 is 16.8 Å². The molecule has 1 aromatic rings. The molecule has 1 aromatic carbocycles. The highest BCUT2D eigenvalue weighted by Crippen LogP contribution is 2.20. The van der Waals surface area contributed by atoms with E-state index in [9.17, 15) is 9.59 Å². The maximum atomic E-state index is 12.1. The van der Waals surface area contributed by atoms with Gasteiger partial charge in [-0.25, -0.2) is 0 Å². The van der Waals surface area contributed by atoms with Gasteiger partial charge in [-0.1, -0.05) is 19.1 Å². The predicted octanol–water partition coefficient (Wildman–Crippen LogP) is 2.15. The maximum Gasteiger partial charge on any atom is 0.228 e. The number of hydrogen-bond donors (Lipinski definition) is 3. The second-order valence-corrected chi connectivity index (χ2v) is 6.79. The third-order valence-electron chi connectivity index (χ3n) is 4.79. The number of rotatable bonds is 6. The number of halogens is 2. The van der Waals surface area contributed by atoms with Crippen molar-refractivity contribution in [1.82, 2.24) is 4.90 Å². The van der Waals surface area contributed by atoms with Gasteiger partial charge >= 0.3 is 0 Å². The van der Waals surface area contributed by atoms with Crippen molar-refractivity contribution >= 4 is 42.3 Å². The van der Waals surface area contributed by atoms with Gasteiger partial charge in [0, 0.05) is 24.2 Å². The Balaban J connectivity index is 0.00000312. The number of amides is 2. The molecule has 0 bridgehead atoms. The molecule has 2 amide bonds. The van der Waals surface area contributed by atoms with Gasteiger partial charge in [0.25, 0.3) is 0 Å². The zero-order valence-corrected chi connectivity index (χ0v) is 16.9. The lowest BCUT2D eigenvalue weighted by Gasteiger charge is -2.30. The smallest absolute Gasteiger partial charge is 0.228 e. The number of carbonyl (C=O) groups is 2. The number of hydrogen-bond acceptors (Lipinski definition) is 4. The minimum atomic E-state index is -0.235. The molecule has 2 unspecified atom stereocenters. The average molecular weight is 405 g/mol. The highest BCUT2D eigenvalue weighted by molar-refractivity contribution is 5.92. The van der Waals surface area contributed by atoms with Gasteiger partial charge in [0.1, 0.15) is 0 Å². The molecular weight excluding hydrogens is 375 g/mol. The summed E-state index contributed by atoms with van der Waals surface area (Å²) in [4.78, 5) is 25.6. The molecule has 6 nitrogen and oxygen atoms in total. The molecule has 0 radical (unpaired) electrons. The molecule has 1 fully saturated rings. The quantitative estimate of drug-likeness (QED) is 0.675. The Bertz CT molecular complexity index is 590. The van der Waals surface area contributed by atoms with E-state index >= 15 is 0 Å². The van der Waals surface area contributed by atoms with Gasteiger partial charge in [-0.15, -0.1) is 24.8 Å². The fourth-order valence-corrected chi connectivity index (χ4v) is 2.88. The number of nitrogens with two attached hydrogens (primary N) is 2. The SMILES string of the molecule is CC(N)C(C)C(=O)Nc1cccc(CN2CCC(C(N)=O)CC2)c1.Cl.Cl. The first kappa shape index (κ1) is 24.7. The summed E-state index contributed by atoms with van der Waals surface area (Å²) in [7, 11) is 0. The van der Waals surface area contributed by atoms with Crippen molar-refractivity contribution in [2.24, 2.45) is 23.3 Å². The summed E-state index contributed by atoms with van der Waals surface area (Å²) in [5.74, 6) is -0.486. The molecule has 0 saturated carbocycles. The monoisotopic (exact) mass is 404 g/mol. The van der Waals surface area contributed by atoms with E-state index < -0.39 is 0 Å². The molecule has 8 heteroatoms. The van der Waals surface area contributed by atoms with Crippen molar-refractivity contribution in [3.05, 3.63) is 29.8 Å². The summed E-state index contributed by atoms with van der Waals surface area (Å²) < 4.78 is 0. The van der Waals surface area contributed by atoms with Crippen LogP contribution in [0.1, 0.15) is 32.3 Å². The number of carbonyl (C=O) groups excluding carboxylic acids is 2. The lowest BCUT2D eigenvalue weighted by atomic mass is 9.96. The summed E-state index contributed by atoms with van der Waals surface area (Å²) in [5, 5.41) is 2.92. The molecule has 0 aromatic heterocycles. The van der Waals surface area contributed by atoms with Crippen molar-refractivity contribution in [2.45, 2.75) is 39.3 Å². The van der Waals surface area contributed by atoms with E-state index in [2.05, 4.69) is 10.2 Å². The van der Waals surface area contributed by atoms with Crippen molar-refractivity contribution in [3.63, 3.8) is 0 Å². The molecule has 0 spiro atoms. The van der Waals surface area contributed by atoms with Crippen LogP contribution in [-0.2, 0) is 16.1 Å². The number of nitrogens with one attached hydrogen (secondary N) is 1. The van der Waals surface area contributed by atoms with E-state index in [-0.39, 0.29) is 54.5 Å². The molecule has 1 aliphatic heterocycles. The third kappa shape index (κ3) is 7.11. The van der Waals surface area contributed by atoms with Gasteiger partial charge in [0.15, 0.2) is 0 Å². The van der Waals surface area contributed by atoms with Crippen molar-refractivity contribution < 1.29 is 9.59 Å². The zero-order valence-electron chi connectivity index (χ0n) is 15.3. The minimum absolute atomic E-state index is 0. The van der Waals surface area contributed by atoms with Crippen molar-refractivity contribution in [2.75, 3.05) is 18.4 Å². The molecule has 5 N–H and O–H groups in total. The number of nitrogens with zero attached hydrogens (tertiary/aromatic N) is 1. The van der Waals surface area contributed by atoms with Gasteiger partial charge in [0.05, 0.1) is 5.92 Å². The summed E-state index contributed by atoms with van der Waals surface area (Å²) in [5.41, 5.74) is 13.1. The van der Waals surface area contributed by atoms with E-state index in [1.165, 1.54) is 0 Å². The normalized spacial score (nSPS) is 17.3. The van der Waals surface area contributed by atoms with E-state index in [0.717, 1.165) is 43.7 Å². The number of benzene rings is 1. The van der Waals surface area contributed by atoms with Gasteiger partial charge in [-0.3, -0.25) is 14.5 Å². The maximum absolute atomic E-state index is 12.1. The largest absolute Gasteiger partial charge is 0.369 e. The Kier molecular flexibility index (Phi) is 10.8. The van der Waals surface area contributed by atoms with E-state index in [1.54, 1.807) is 0 Å². The Morgan fingerprint density at radius 1 is 1.23 bits per heavy atom. The van der Waals surface area contributed by atoms with Crippen LogP contribution in [0.5, 0.6) is 0 Å². The highest BCUT2D eigenvalue weighted by atomic mass is 35.5. The lowest BCUT2D eigenvalue weighted by Crippen LogP contribution is -2.38. The second kappa shape index (κ2) is 11.4. The molecule has 148 valence electrons. The minimum Gasteiger partial charge on any atom is -0.369 e. The Morgan fingerprint density at radius 3 is 2.38 bits per heavy atom. The molecule has 0 aliphatic carbocycles. The highest BCUT2D eigenvalue weighted by Gasteiger charge is 2.23. The average Bonchev–Trinajstić information content (AvgIpc) is 2.54. The number of anilines is 1. The van der Waals surface area contributed by atoms with Crippen LogP contribution in [0.4, 0.5) is 5.69 Å². The van der Waals surface area contributed by atoms with Gasteiger partial charge in [-0.2, -0.15) is 0 Å². The van der Waals surface area contributed by atoms with Crippen LogP contribution in [0.25, 0.3) is 0 Å². The Morgan fingerprint density at radius 2 is 1.85 bits per heavy atom. The van der Waals surface area contributed by atoms with E-state index in [4.69, 9.17) is 11.5 Å². The summed E-state index contributed by atoms with van der Waals surface area (Å²) in [6, 6.07) is 7.68. The van der Waals surface area contributed by atoms with Crippen LogP contribution in [0.2, 0.25) is 0 Å². The van der Waals surface area contributed by atoms with Crippen molar-refractivity contribution in [1.29, 1.82) is 0 Å². The molecule has 1 saturated heterocycles. The Labute approximate surface area is 167 Å². The predicted molar refractivity (Wildman–Crippen MR) is 110 cm³/mol. The molecule has 26 heavy (non-hydrogen) atoms. The summed E-state index contributed by atoms with van der Waals surface area (Å²) >= 11 is 0. The van der Waals surface area contributed by atoms with Gasteiger partial charge in [-0.05, 0) is 50.6 Å². The van der Waals surface area contributed by atoms with Gasteiger partial charge < -0.3 is 16.8 Å². The number of likely N-dealkylation sites (tertiary alicyclic amines) is 1. The second-order valence-electron chi connectivity index (χ2n) is 6.79. The molecule has 2 atom stereocenters. The summed E-state index contributed by atoms with van der Waals surface area (Å²) in [6.07, 6.45) is 1.63. The molecular formula is C18H30Cl2N4O2. The van der Waals surface area contributed by atoms with Crippen LogP contribution >= 0.6 is 24.8 Å². The van der Waals surface area contributed by atoms with Crippen LogP contribution in [0.3, 0.4) is 0 Å². The topological polar surface area (TPSA) is 101 Å². The van der Waals surface area contributed by atoms with Crippen LogP contribution in [-0.4, -0.2) is 35.8 Å². The first-order valence-electron chi connectivity index (χ1n) is 8.54. The lowest BCUT2D eigenvalue weighted by molar-refractivity contribution is -0.123. The fourth-order valence-electron chi connectivity index (χ4n) is 2.88. The number of primary amides is 1. The van der Waals surface area contributed by atoms with E-state index in [1.807, 2.05) is 38.1 Å². The van der Waals surface area contributed by atoms with E-state index in [0.29, 0.717) is 0 Å². The molecule has 1 aliphatic rings. The fraction of sp³-hybridized carbons (Fsp3) is 0.556. The third-order valence-corrected chi connectivity index (χ3v) is 4.79. The number of piperidine rings is 1. The molecule has 1 heterocycles. The summed E-state index contributed by atoms with van der Waals surface area (Å²) in [6.45, 7) is 6.19. The Hall–Kier alpha value is -1.34.